The maximum atomic E-state index is 15.0. The molecular weight excluding hydrogens is 1450 g/mol. The van der Waals surface area contributed by atoms with Crippen LogP contribution in [-0.4, -0.2) is 111 Å². The van der Waals surface area contributed by atoms with Crippen molar-refractivity contribution in [2.24, 2.45) is 47.3 Å². The minimum atomic E-state index is -2.56. The van der Waals surface area contributed by atoms with E-state index in [1.54, 1.807) is 127 Å². The van der Waals surface area contributed by atoms with E-state index in [1.165, 1.54) is 132 Å². The zero-order chi connectivity index (χ0) is 82.5. The summed E-state index contributed by atoms with van der Waals surface area (Å²) in [6, 6.07) is 48.5. The molecule has 1 aliphatic rings. The molecule has 6 aromatic carbocycles. The Balaban J connectivity index is 1.24. The average Bonchev–Trinajstić information content (AvgIpc) is 0.827. The number of carbonyl (C=O) groups excluding carboxylic acids is 5. The zero-order valence-corrected chi connectivity index (χ0v) is 70.1. The zero-order valence-electron chi connectivity index (χ0n) is 70.1. The van der Waals surface area contributed by atoms with Gasteiger partial charge in [-0.3, -0.25) is 0 Å². The van der Waals surface area contributed by atoms with Gasteiger partial charge in [0.1, 0.15) is 18.3 Å². The molecule has 2 N–H and O–H groups in total. The molecule has 12 atom stereocenters. The molecule has 0 radical (unpaired) electrons. The van der Waals surface area contributed by atoms with Crippen LogP contribution in [0.15, 0.2) is 205 Å². The first-order valence-electron chi connectivity index (χ1n) is 42.5. The Morgan fingerprint density at radius 2 is 0.722 bits per heavy atom. The van der Waals surface area contributed by atoms with Gasteiger partial charge in [-0.2, -0.15) is 0 Å². The SMILES string of the molecule is CC(C)CCCC(C)CCCC(C)CCCC(C)CCOCC(CO[C@H](O)/C(OC(=O)c1ccccc1)=C(\OC(=O)c1ccccc1)[C@@H](CCOC(=O)c1ccccc1)O[C@H](O)/C(OC(=O)c1ccccc1)=C(\OC(=O)c1ccccc1)[C@@H]1CCOC(c2ccccc2)O1)OCCC(C)CCCC(C)CCCC(C)CCCC(C)C. The molecule has 0 amide bonds. The van der Waals surface area contributed by atoms with E-state index < -0.39 is 103 Å². The topological polar surface area (TPSA) is 227 Å². The van der Waals surface area contributed by atoms with Crippen molar-refractivity contribution >= 4 is 29.8 Å². The van der Waals surface area contributed by atoms with Crippen LogP contribution in [0, 0.1) is 47.3 Å². The maximum Gasteiger partial charge on any atom is 0.343 e. The molecule has 1 heterocycles. The Morgan fingerprint density at radius 1 is 0.365 bits per heavy atom. The largest absolute Gasteiger partial charge is 0.462 e. The van der Waals surface area contributed by atoms with Crippen LogP contribution in [0.1, 0.15) is 274 Å². The van der Waals surface area contributed by atoms with Gasteiger partial charge in [-0.15, -0.1) is 0 Å². The number of benzene rings is 6. The molecule has 7 rings (SSSR count). The lowest BCUT2D eigenvalue weighted by Crippen LogP contribution is -2.37. The summed E-state index contributed by atoms with van der Waals surface area (Å²) in [4.78, 5) is 72.9. The van der Waals surface area contributed by atoms with Crippen molar-refractivity contribution in [1.29, 1.82) is 0 Å². The number of ether oxygens (including phenoxy) is 11. The highest BCUT2D eigenvalue weighted by atomic mass is 16.7. The third-order valence-electron chi connectivity index (χ3n) is 21.3. The van der Waals surface area contributed by atoms with E-state index in [-0.39, 0.29) is 54.1 Å². The van der Waals surface area contributed by atoms with Crippen LogP contribution in [0.3, 0.4) is 0 Å². The van der Waals surface area contributed by atoms with Crippen molar-refractivity contribution in [2.45, 2.75) is 248 Å². The summed E-state index contributed by atoms with van der Waals surface area (Å²) >= 11 is 0. The minimum Gasteiger partial charge on any atom is -0.462 e. The fourth-order valence-corrected chi connectivity index (χ4v) is 14.1. The molecule has 1 saturated heterocycles. The Hall–Kier alpha value is -8.17. The first kappa shape index (κ1) is 94.0. The predicted octanol–water partition coefficient (Wildman–Crippen LogP) is 22.0. The van der Waals surface area contributed by atoms with Crippen LogP contribution < -0.4 is 0 Å². The van der Waals surface area contributed by atoms with Crippen LogP contribution in [0.25, 0.3) is 0 Å². The molecule has 0 aliphatic carbocycles. The Morgan fingerprint density at radius 3 is 1.14 bits per heavy atom. The Labute approximate surface area is 685 Å². The van der Waals surface area contributed by atoms with E-state index in [2.05, 4.69) is 69.2 Å². The number of hydrogen-bond donors (Lipinski definition) is 2. The number of aliphatic hydroxyl groups excluding tert-OH is 2. The van der Waals surface area contributed by atoms with Gasteiger partial charge in [0.25, 0.3) is 0 Å². The Bertz CT molecular complexity index is 3760. The molecule has 18 nitrogen and oxygen atoms in total. The minimum absolute atomic E-state index is 0.00203. The molecule has 6 aromatic rings. The van der Waals surface area contributed by atoms with E-state index in [0.29, 0.717) is 42.4 Å². The summed E-state index contributed by atoms with van der Waals surface area (Å²) in [7, 11) is 0. The lowest BCUT2D eigenvalue weighted by atomic mass is 9.91. The molecule has 0 saturated carbocycles. The van der Waals surface area contributed by atoms with Gasteiger partial charge < -0.3 is 62.3 Å². The average molecular weight is 1590 g/mol. The van der Waals surface area contributed by atoms with Gasteiger partial charge in [-0.1, -0.05) is 306 Å². The number of rotatable bonds is 55. The second kappa shape index (κ2) is 53.2. The molecule has 18 heteroatoms. The summed E-state index contributed by atoms with van der Waals surface area (Å²) in [6.45, 7) is 23.1. The lowest BCUT2D eigenvalue weighted by Gasteiger charge is -2.33. The molecule has 1 fully saturated rings. The number of esters is 5. The molecule has 0 aromatic heterocycles. The molecule has 0 spiro atoms. The van der Waals surface area contributed by atoms with Gasteiger partial charge in [0.15, 0.2) is 17.8 Å². The standard InChI is InChI=1S/C97H132O18/c1-69(2)35-29-37-71(5)39-31-41-73(7)43-33-45-75(9)59-63-105-67-83(106-64-60-76(10)46-34-44-74(8)42-32-40-72(6)38-30-36-70(3)4)68-109-95(103)88(114-93(101)80-53-23-14-24-54-80)86(112-91(99)78-49-19-12-20-50-78)84(61-65-107-90(98)77-47-17-11-18-48-77)110-96(104)89(115-94(102)81-55-25-15-26-56-81)87(113-92(100)79-51-21-13-22-52-79)85-62-66-108-97(111-85)82-57-27-16-28-58-82/h11-28,47-58,69-76,83-85,95-97,103-104H,29-46,59-68H2,1-10H3/b88-86+,89-87+/t71?,72?,73?,74?,75?,76?,83?,84-,85+,95+,96+,97?/m1/s1. The highest BCUT2D eigenvalue weighted by Crippen LogP contribution is 2.36. The third kappa shape index (κ3) is 36.1. The molecule has 115 heavy (non-hydrogen) atoms. The smallest absolute Gasteiger partial charge is 0.343 e. The molecule has 8 unspecified atom stereocenters. The van der Waals surface area contributed by atoms with E-state index in [0.717, 1.165) is 68.6 Å². The molecular formula is C97H132O18. The highest BCUT2D eigenvalue weighted by Gasteiger charge is 2.40. The fourth-order valence-electron chi connectivity index (χ4n) is 14.1. The molecule has 628 valence electrons. The molecule has 0 bridgehead atoms. The van der Waals surface area contributed by atoms with Gasteiger partial charge in [0.2, 0.25) is 24.1 Å². The van der Waals surface area contributed by atoms with Crippen molar-refractivity contribution in [3.8, 4) is 0 Å². The monoisotopic (exact) mass is 1580 g/mol. The van der Waals surface area contributed by atoms with Gasteiger partial charge >= 0.3 is 29.8 Å². The van der Waals surface area contributed by atoms with Crippen LogP contribution >= 0.6 is 0 Å². The predicted molar refractivity (Wildman–Crippen MR) is 448 cm³/mol. The summed E-state index contributed by atoms with van der Waals surface area (Å²) in [5.74, 6) is -2.86. The van der Waals surface area contributed by atoms with Crippen LogP contribution in [0.2, 0.25) is 0 Å². The number of aliphatic hydroxyl groups is 2. The van der Waals surface area contributed by atoms with Gasteiger partial charge in [0.05, 0.1) is 54.2 Å². The van der Waals surface area contributed by atoms with E-state index in [1.807, 2.05) is 6.07 Å². The normalized spacial score (nSPS) is 16.8. The van der Waals surface area contributed by atoms with Gasteiger partial charge in [-0.25, -0.2) is 24.0 Å². The number of carbonyl (C=O) groups is 5. The van der Waals surface area contributed by atoms with E-state index >= 15 is 0 Å². The van der Waals surface area contributed by atoms with E-state index in [4.69, 9.17) is 52.1 Å². The number of hydrogen-bond acceptors (Lipinski definition) is 18. The maximum absolute atomic E-state index is 15.0. The first-order chi connectivity index (χ1) is 55.6. The quantitative estimate of drug-likeness (QED) is 0.0119. The van der Waals surface area contributed by atoms with Gasteiger partial charge in [-0.05, 0) is 121 Å². The second-order valence-corrected chi connectivity index (χ2v) is 32.6. The fraction of sp³-hybridized carbons (Fsp3) is 0.536. The lowest BCUT2D eigenvalue weighted by molar-refractivity contribution is -0.216. The summed E-state index contributed by atoms with van der Waals surface area (Å²) in [5.41, 5.74) is 0.789. The van der Waals surface area contributed by atoms with Crippen LogP contribution in [0.5, 0.6) is 0 Å². The first-order valence-corrected chi connectivity index (χ1v) is 42.5. The Kier molecular flexibility index (Phi) is 43.5. The van der Waals surface area contributed by atoms with Gasteiger partial charge in [0, 0.05) is 31.6 Å². The second-order valence-electron chi connectivity index (χ2n) is 32.6. The summed E-state index contributed by atoms with van der Waals surface area (Å²) < 4.78 is 69.9. The van der Waals surface area contributed by atoms with E-state index in [9.17, 15) is 34.2 Å². The van der Waals surface area contributed by atoms with Crippen molar-refractivity contribution in [3.05, 3.63) is 238 Å². The highest BCUT2D eigenvalue weighted by molar-refractivity contribution is 5.92. The van der Waals surface area contributed by atoms with Crippen molar-refractivity contribution in [1.82, 2.24) is 0 Å². The summed E-state index contributed by atoms with van der Waals surface area (Å²) in [5, 5.41) is 26.2. The third-order valence-corrected chi connectivity index (χ3v) is 21.3. The van der Waals surface area contributed by atoms with Crippen molar-refractivity contribution in [3.63, 3.8) is 0 Å². The summed E-state index contributed by atoms with van der Waals surface area (Å²) in [6.07, 6.45) is 12.8. The van der Waals surface area contributed by atoms with Crippen LogP contribution in [0.4, 0.5) is 0 Å². The molecule has 1 aliphatic heterocycles. The van der Waals surface area contributed by atoms with Crippen LogP contribution in [-0.2, 0) is 52.1 Å². The van der Waals surface area contributed by atoms with Crippen molar-refractivity contribution in [2.75, 3.05) is 39.6 Å². The van der Waals surface area contributed by atoms with Crippen molar-refractivity contribution < 1.29 is 86.3 Å².